The minimum Gasteiger partial charge on any atom is -0.309 e. The summed E-state index contributed by atoms with van der Waals surface area (Å²) >= 11 is 1.52. The monoisotopic (exact) mass is 323 g/mol. The Morgan fingerprint density at radius 2 is 1.78 bits per heavy atom. The van der Waals surface area contributed by atoms with Gasteiger partial charge in [-0.2, -0.15) is 0 Å². The van der Waals surface area contributed by atoms with E-state index in [0.717, 1.165) is 15.8 Å². The molecule has 0 bridgehead atoms. The number of fused-ring (bicyclic) bond motifs is 1. The average molecular weight is 323 g/mol. The number of pyridine rings is 2. The van der Waals surface area contributed by atoms with E-state index in [2.05, 4.69) is 15.3 Å². The van der Waals surface area contributed by atoms with Crippen LogP contribution in [0.2, 0.25) is 0 Å². The second-order valence-electron chi connectivity index (χ2n) is 5.61. The molecule has 0 aliphatic rings. The Bertz CT molecular complexity index is 829. The van der Waals surface area contributed by atoms with Crippen molar-refractivity contribution in [1.29, 1.82) is 0 Å². The molecule has 5 heteroatoms. The van der Waals surface area contributed by atoms with Crippen molar-refractivity contribution in [1.82, 2.24) is 9.97 Å². The molecule has 3 rings (SSSR count). The Kier molecular flexibility index (Phi) is 4.30. The van der Waals surface area contributed by atoms with Gasteiger partial charge in [0.2, 0.25) is 5.91 Å². The van der Waals surface area contributed by atoms with Crippen molar-refractivity contribution < 1.29 is 4.79 Å². The number of aromatic nitrogens is 2. The van der Waals surface area contributed by atoms with Crippen molar-refractivity contribution >= 4 is 34.4 Å². The smallest absolute Gasteiger partial charge is 0.241 e. The highest BCUT2D eigenvalue weighted by Gasteiger charge is 2.30. The number of benzene rings is 1. The molecule has 2 heterocycles. The lowest BCUT2D eigenvalue weighted by molar-refractivity contribution is -0.117. The molecular weight excluding hydrogens is 306 g/mol. The molecule has 4 nitrogen and oxygen atoms in total. The predicted molar refractivity (Wildman–Crippen MR) is 94.5 cm³/mol. The molecule has 0 unspecified atom stereocenters. The lowest BCUT2D eigenvalue weighted by Crippen LogP contribution is -2.34. The summed E-state index contributed by atoms with van der Waals surface area (Å²) < 4.78 is -0.637. The molecule has 0 saturated heterocycles. The summed E-state index contributed by atoms with van der Waals surface area (Å²) in [7, 11) is 0. The average Bonchev–Trinajstić information content (AvgIpc) is 2.56. The Balaban J connectivity index is 1.83. The zero-order chi connectivity index (χ0) is 16.3. The van der Waals surface area contributed by atoms with Crippen LogP contribution in [0, 0.1) is 0 Å². The molecule has 0 fully saturated rings. The zero-order valence-corrected chi connectivity index (χ0v) is 13.8. The molecule has 23 heavy (non-hydrogen) atoms. The maximum Gasteiger partial charge on any atom is 0.241 e. The molecule has 0 spiro atoms. The number of nitrogens with zero attached hydrogens (tertiary/aromatic N) is 2. The molecule has 116 valence electrons. The van der Waals surface area contributed by atoms with Crippen molar-refractivity contribution in [3.8, 4) is 0 Å². The molecular formula is C18H17N3OS. The zero-order valence-electron chi connectivity index (χ0n) is 13.0. The molecule has 3 aromatic rings. The Hall–Kier alpha value is -2.40. The minimum atomic E-state index is -0.637. The van der Waals surface area contributed by atoms with E-state index in [0.29, 0.717) is 5.82 Å². The largest absolute Gasteiger partial charge is 0.309 e. The number of amides is 1. The fourth-order valence-corrected chi connectivity index (χ4v) is 3.29. The van der Waals surface area contributed by atoms with Gasteiger partial charge in [0.05, 0.1) is 10.3 Å². The van der Waals surface area contributed by atoms with Crippen LogP contribution in [-0.2, 0) is 4.79 Å². The first-order valence-electron chi connectivity index (χ1n) is 7.31. The van der Waals surface area contributed by atoms with Crippen LogP contribution in [0.4, 0.5) is 5.82 Å². The highest BCUT2D eigenvalue weighted by Crippen LogP contribution is 2.36. The highest BCUT2D eigenvalue weighted by molar-refractivity contribution is 8.01. The van der Waals surface area contributed by atoms with E-state index in [1.807, 2.05) is 56.3 Å². The summed E-state index contributed by atoms with van der Waals surface area (Å²) in [5.74, 6) is 0.479. The molecule has 1 amide bonds. The van der Waals surface area contributed by atoms with Crippen molar-refractivity contribution in [3.05, 3.63) is 60.9 Å². The van der Waals surface area contributed by atoms with Crippen LogP contribution in [0.3, 0.4) is 0 Å². The third-order valence-electron chi connectivity index (χ3n) is 3.43. The fraction of sp³-hybridized carbons (Fsp3) is 0.167. The minimum absolute atomic E-state index is 0.0814. The molecule has 1 N–H and O–H groups in total. The summed E-state index contributed by atoms with van der Waals surface area (Å²) in [5, 5.41) is 3.92. The summed E-state index contributed by atoms with van der Waals surface area (Å²) in [5.41, 5.74) is 0.929. The number of rotatable bonds is 4. The first-order chi connectivity index (χ1) is 11.1. The number of nitrogens with one attached hydrogen (secondary N) is 1. The van der Waals surface area contributed by atoms with Crippen LogP contribution in [-0.4, -0.2) is 20.6 Å². The van der Waals surface area contributed by atoms with Gasteiger partial charge < -0.3 is 5.32 Å². The van der Waals surface area contributed by atoms with Gasteiger partial charge in [-0.25, -0.2) is 4.98 Å². The predicted octanol–water partition coefficient (Wildman–Crippen LogP) is 4.14. The molecule has 0 aliphatic carbocycles. The van der Waals surface area contributed by atoms with Gasteiger partial charge in [0.25, 0.3) is 0 Å². The van der Waals surface area contributed by atoms with Crippen molar-refractivity contribution in [2.45, 2.75) is 23.5 Å². The first-order valence-corrected chi connectivity index (χ1v) is 8.13. The second-order valence-corrected chi connectivity index (χ2v) is 7.27. The topological polar surface area (TPSA) is 54.9 Å². The summed E-state index contributed by atoms with van der Waals surface area (Å²) in [6.45, 7) is 3.82. The highest BCUT2D eigenvalue weighted by atomic mass is 32.2. The first kappa shape index (κ1) is 15.5. The van der Waals surface area contributed by atoms with Crippen LogP contribution >= 0.6 is 11.8 Å². The summed E-state index contributed by atoms with van der Waals surface area (Å²) in [6, 6.07) is 15.3. The van der Waals surface area contributed by atoms with Gasteiger partial charge in [-0.3, -0.25) is 9.78 Å². The molecule has 0 aliphatic heterocycles. The van der Waals surface area contributed by atoms with E-state index in [4.69, 9.17) is 0 Å². The van der Waals surface area contributed by atoms with Crippen LogP contribution in [0.25, 0.3) is 10.9 Å². The maximum absolute atomic E-state index is 12.6. The van der Waals surface area contributed by atoms with Crippen LogP contribution < -0.4 is 5.32 Å². The summed E-state index contributed by atoms with van der Waals surface area (Å²) in [4.78, 5) is 22.1. The number of carbonyl (C=O) groups is 1. The lowest BCUT2D eigenvalue weighted by Gasteiger charge is -2.23. The van der Waals surface area contributed by atoms with Gasteiger partial charge in [-0.05, 0) is 38.1 Å². The number of anilines is 1. The standard InChI is InChI=1S/C18H17N3OS/c1-18(2,17(22)21-16-9-5-6-11-20-16)23-15-10-12-19-14-8-4-3-7-13(14)15/h3-12H,1-2H3,(H,20,21,22). The summed E-state index contributed by atoms with van der Waals surface area (Å²) in [6.07, 6.45) is 3.43. The lowest BCUT2D eigenvalue weighted by atomic mass is 10.2. The number of thioether (sulfide) groups is 1. The van der Waals surface area contributed by atoms with Gasteiger partial charge in [-0.15, -0.1) is 11.8 Å². The number of hydrogen-bond donors (Lipinski definition) is 1. The molecule has 0 saturated carbocycles. The van der Waals surface area contributed by atoms with E-state index in [1.54, 1.807) is 18.5 Å². The SMILES string of the molecule is CC(C)(Sc1ccnc2ccccc12)C(=O)Nc1ccccn1. The second kappa shape index (κ2) is 6.38. The van der Waals surface area contributed by atoms with Crippen LogP contribution in [0.5, 0.6) is 0 Å². The van der Waals surface area contributed by atoms with E-state index in [-0.39, 0.29) is 5.91 Å². The molecule has 1 aromatic carbocycles. The fourth-order valence-electron chi connectivity index (χ4n) is 2.18. The van der Waals surface area contributed by atoms with E-state index in [1.165, 1.54) is 11.8 Å². The molecule has 0 radical (unpaired) electrons. The van der Waals surface area contributed by atoms with E-state index < -0.39 is 4.75 Å². The third-order valence-corrected chi connectivity index (χ3v) is 4.70. The van der Waals surface area contributed by atoms with Crippen molar-refractivity contribution in [2.24, 2.45) is 0 Å². The van der Waals surface area contributed by atoms with Gasteiger partial charge in [-0.1, -0.05) is 24.3 Å². The van der Waals surface area contributed by atoms with Gasteiger partial charge in [0.1, 0.15) is 5.82 Å². The Morgan fingerprint density at radius 1 is 1.00 bits per heavy atom. The number of para-hydroxylation sites is 1. The van der Waals surface area contributed by atoms with Crippen LogP contribution in [0.1, 0.15) is 13.8 Å². The molecule has 0 atom stereocenters. The Labute approximate surface area is 139 Å². The van der Waals surface area contributed by atoms with Gasteiger partial charge in [0.15, 0.2) is 0 Å². The normalized spacial score (nSPS) is 11.4. The van der Waals surface area contributed by atoms with Crippen molar-refractivity contribution in [3.63, 3.8) is 0 Å². The number of carbonyl (C=O) groups excluding carboxylic acids is 1. The molecule has 2 aromatic heterocycles. The van der Waals surface area contributed by atoms with Crippen LogP contribution in [0.15, 0.2) is 65.8 Å². The van der Waals surface area contributed by atoms with Gasteiger partial charge in [0, 0.05) is 22.7 Å². The quantitative estimate of drug-likeness (QED) is 0.733. The Morgan fingerprint density at radius 3 is 2.57 bits per heavy atom. The van der Waals surface area contributed by atoms with Crippen molar-refractivity contribution in [2.75, 3.05) is 5.32 Å². The van der Waals surface area contributed by atoms with Gasteiger partial charge >= 0.3 is 0 Å². The van der Waals surface area contributed by atoms with E-state index >= 15 is 0 Å². The number of hydrogen-bond acceptors (Lipinski definition) is 4. The maximum atomic E-state index is 12.6. The van der Waals surface area contributed by atoms with E-state index in [9.17, 15) is 4.79 Å². The third kappa shape index (κ3) is 3.51.